The lowest BCUT2D eigenvalue weighted by atomic mass is 10.1. The van der Waals surface area contributed by atoms with Gasteiger partial charge in [0.25, 0.3) is 0 Å². The SMILES string of the molecule is C=CC(=O)Nc1cc(N/C(=C/C)NC=NCc2ccc3c(cnn3CC)c2)c(OC)cc1N1CCN(CCN(C)C)CC1. The average Bonchev–Trinajstić information content (AvgIpc) is 3.44. The quantitative estimate of drug-likeness (QED) is 0.148. The Balaban J connectivity index is 1.45. The summed E-state index contributed by atoms with van der Waals surface area (Å²) in [5.41, 5.74) is 4.56. The van der Waals surface area contributed by atoms with Crippen molar-refractivity contribution in [2.75, 3.05) is 76.0 Å². The summed E-state index contributed by atoms with van der Waals surface area (Å²) in [6.45, 7) is 14.7. The topological polar surface area (TPSA) is 102 Å². The first-order chi connectivity index (χ1) is 20.8. The minimum Gasteiger partial charge on any atom is -0.494 e. The number of aliphatic imine (C=N–C) groups is 1. The van der Waals surface area contributed by atoms with Crippen LogP contribution in [0.1, 0.15) is 19.4 Å². The van der Waals surface area contributed by atoms with Crippen LogP contribution in [0.2, 0.25) is 0 Å². The van der Waals surface area contributed by atoms with E-state index in [2.05, 4.69) is 86.5 Å². The van der Waals surface area contributed by atoms with Crippen LogP contribution < -0.4 is 25.6 Å². The zero-order valence-electron chi connectivity index (χ0n) is 26.1. The molecule has 1 saturated heterocycles. The van der Waals surface area contributed by atoms with Gasteiger partial charge in [-0.2, -0.15) is 5.10 Å². The van der Waals surface area contributed by atoms with Crippen molar-refractivity contribution >= 4 is 40.2 Å². The van der Waals surface area contributed by atoms with Gasteiger partial charge in [-0.1, -0.05) is 12.6 Å². The van der Waals surface area contributed by atoms with E-state index in [9.17, 15) is 4.79 Å². The first kappa shape index (κ1) is 31.6. The molecule has 1 aliphatic rings. The Hall–Kier alpha value is -4.35. The molecule has 4 rings (SSSR count). The maximum Gasteiger partial charge on any atom is 0.247 e. The number of hydrogen-bond acceptors (Lipinski definition) is 8. The number of likely N-dealkylation sites (N-methyl/N-ethyl adjacent to an activating group) is 1. The lowest BCUT2D eigenvalue weighted by Crippen LogP contribution is -2.48. The molecule has 43 heavy (non-hydrogen) atoms. The molecule has 0 spiro atoms. The number of anilines is 3. The normalized spacial score (nSPS) is 14.5. The summed E-state index contributed by atoms with van der Waals surface area (Å²) in [5, 5.41) is 15.1. The van der Waals surface area contributed by atoms with Gasteiger partial charge in [0.1, 0.15) is 11.6 Å². The van der Waals surface area contributed by atoms with Gasteiger partial charge in [-0.25, -0.2) is 0 Å². The van der Waals surface area contributed by atoms with Gasteiger partial charge in [-0.3, -0.25) is 19.4 Å². The zero-order chi connectivity index (χ0) is 30.8. The van der Waals surface area contributed by atoms with Crippen molar-refractivity contribution in [1.82, 2.24) is 24.9 Å². The Labute approximate surface area is 254 Å². The van der Waals surface area contributed by atoms with Crippen molar-refractivity contribution in [2.24, 2.45) is 4.99 Å². The molecule has 2 heterocycles. The van der Waals surface area contributed by atoms with Gasteiger partial charge in [0, 0.05) is 57.3 Å². The number of nitrogens with zero attached hydrogens (tertiary/aromatic N) is 6. The molecule has 1 amide bonds. The van der Waals surface area contributed by atoms with E-state index in [1.54, 1.807) is 13.4 Å². The van der Waals surface area contributed by atoms with E-state index in [1.807, 2.05) is 36.0 Å². The fourth-order valence-corrected chi connectivity index (χ4v) is 5.02. The molecule has 0 saturated carbocycles. The van der Waals surface area contributed by atoms with Gasteiger partial charge >= 0.3 is 0 Å². The van der Waals surface area contributed by atoms with Gasteiger partial charge in [0.2, 0.25) is 5.91 Å². The number of piperazine rings is 1. The van der Waals surface area contributed by atoms with E-state index in [4.69, 9.17) is 4.74 Å². The minimum absolute atomic E-state index is 0.265. The number of amides is 1. The molecule has 11 heteroatoms. The van der Waals surface area contributed by atoms with Gasteiger partial charge in [0.05, 0.1) is 48.8 Å². The summed E-state index contributed by atoms with van der Waals surface area (Å²) in [6, 6.07) is 10.2. The largest absolute Gasteiger partial charge is 0.494 e. The Morgan fingerprint density at radius 3 is 2.60 bits per heavy atom. The summed E-state index contributed by atoms with van der Waals surface area (Å²) < 4.78 is 7.77. The molecular weight excluding hydrogens is 542 g/mol. The van der Waals surface area contributed by atoms with Crippen molar-refractivity contribution in [3.63, 3.8) is 0 Å². The van der Waals surface area contributed by atoms with E-state index < -0.39 is 0 Å². The molecule has 3 aromatic rings. The first-order valence-electron chi connectivity index (χ1n) is 14.7. The second-order valence-electron chi connectivity index (χ2n) is 10.7. The number of carbonyl (C=O) groups is 1. The summed E-state index contributed by atoms with van der Waals surface area (Å²) in [6.07, 6.45) is 6.77. The number of aryl methyl sites for hydroxylation is 1. The summed E-state index contributed by atoms with van der Waals surface area (Å²) >= 11 is 0. The molecule has 1 aliphatic heterocycles. The number of nitrogens with one attached hydrogen (secondary N) is 3. The van der Waals surface area contributed by atoms with Gasteiger partial charge in [-0.15, -0.1) is 0 Å². The van der Waals surface area contributed by atoms with E-state index in [-0.39, 0.29) is 5.91 Å². The number of hydrogen-bond donors (Lipinski definition) is 3. The lowest BCUT2D eigenvalue weighted by molar-refractivity contribution is -0.111. The summed E-state index contributed by atoms with van der Waals surface area (Å²) in [7, 11) is 5.84. The average molecular weight is 588 g/mol. The molecule has 3 N–H and O–H groups in total. The number of rotatable bonds is 14. The van der Waals surface area contributed by atoms with Crippen LogP contribution in [0.5, 0.6) is 5.75 Å². The molecule has 11 nitrogen and oxygen atoms in total. The summed E-state index contributed by atoms with van der Waals surface area (Å²) in [5.74, 6) is 1.13. The fourth-order valence-electron chi connectivity index (χ4n) is 5.02. The smallest absolute Gasteiger partial charge is 0.247 e. The van der Waals surface area contributed by atoms with Crippen LogP contribution in [0.25, 0.3) is 10.9 Å². The molecule has 0 atom stereocenters. The number of benzene rings is 2. The standard InChI is InChI=1S/C32H45N9O2/c1-7-31(34-23-33-21-24-10-11-28-25(18-24)22-35-41(28)9-3)36-27-19-26(37-32(42)8-2)29(20-30(27)43-6)40-16-14-39(15-17-40)13-12-38(4)5/h7-8,10-11,18-20,22-23,36H,2,9,12-17,21H2,1,3-6H3,(H,33,34)(H,37,42)/b31-7+. The molecule has 0 bridgehead atoms. The van der Waals surface area contributed by atoms with Crippen molar-refractivity contribution in [3.05, 3.63) is 66.6 Å². The predicted molar refractivity (Wildman–Crippen MR) is 177 cm³/mol. The van der Waals surface area contributed by atoms with Crippen molar-refractivity contribution in [2.45, 2.75) is 26.9 Å². The van der Waals surface area contributed by atoms with Crippen LogP contribution in [-0.4, -0.2) is 92.3 Å². The van der Waals surface area contributed by atoms with E-state index in [0.29, 0.717) is 23.7 Å². The maximum absolute atomic E-state index is 12.4. The highest BCUT2D eigenvalue weighted by Crippen LogP contribution is 2.38. The van der Waals surface area contributed by atoms with E-state index in [1.165, 1.54) is 6.08 Å². The maximum atomic E-state index is 12.4. The highest BCUT2D eigenvalue weighted by atomic mass is 16.5. The Morgan fingerprint density at radius 1 is 1.14 bits per heavy atom. The minimum atomic E-state index is -0.265. The molecule has 0 unspecified atom stereocenters. The van der Waals surface area contributed by atoms with Crippen LogP contribution in [0, 0.1) is 0 Å². The highest BCUT2D eigenvalue weighted by Gasteiger charge is 2.22. The van der Waals surface area contributed by atoms with Crippen molar-refractivity contribution in [3.8, 4) is 5.75 Å². The number of aromatic nitrogens is 2. The Bertz CT molecular complexity index is 1450. The number of ether oxygens (including phenoxy) is 1. The van der Waals surface area contributed by atoms with Crippen molar-refractivity contribution in [1.29, 1.82) is 0 Å². The Kier molecular flexibility index (Phi) is 11.2. The fraction of sp³-hybridized carbons (Fsp3) is 0.406. The monoisotopic (exact) mass is 587 g/mol. The molecular formula is C32H45N9O2. The number of fused-ring (bicyclic) bond motifs is 1. The predicted octanol–water partition coefficient (Wildman–Crippen LogP) is 3.96. The number of methoxy groups -OCH3 is 1. The second-order valence-corrected chi connectivity index (χ2v) is 10.7. The summed E-state index contributed by atoms with van der Waals surface area (Å²) in [4.78, 5) is 23.9. The van der Waals surface area contributed by atoms with Crippen LogP contribution in [0.3, 0.4) is 0 Å². The van der Waals surface area contributed by atoms with Crippen LogP contribution >= 0.6 is 0 Å². The lowest BCUT2D eigenvalue weighted by Gasteiger charge is -2.37. The molecule has 0 radical (unpaired) electrons. The van der Waals surface area contributed by atoms with Crippen molar-refractivity contribution < 1.29 is 9.53 Å². The van der Waals surface area contributed by atoms with Crippen LogP contribution in [-0.2, 0) is 17.9 Å². The third-order valence-electron chi connectivity index (χ3n) is 7.49. The molecule has 2 aromatic carbocycles. The molecule has 0 aliphatic carbocycles. The number of carbonyl (C=O) groups excluding carboxylic acids is 1. The van der Waals surface area contributed by atoms with Crippen LogP contribution in [0.15, 0.2) is 66.1 Å². The first-order valence-corrected chi connectivity index (χ1v) is 14.7. The molecule has 230 valence electrons. The van der Waals surface area contributed by atoms with Crippen LogP contribution in [0.4, 0.5) is 17.1 Å². The molecule has 1 fully saturated rings. The van der Waals surface area contributed by atoms with Gasteiger partial charge in [-0.05, 0) is 63.9 Å². The van der Waals surface area contributed by atoms with Gasteiger partial charge < -0.3 is 30.5 Å². The second kappa shape index (κ2) is 15.2. The highest BCUT2D eigenvalue weighted by molar-refractivity contribution is 6.02. The van der Waals surface area contributed by atoms with E-state index in [0.717, 1.165) is 73.8 Å². The third-order valence-corrected chi connectivity index (χ3v) is 7.49. The third kappa shape index (κ3) is 8.36. The van der Waals surface area contributed by atoms with E-state index >= 15 is 0 Å². The molecule has 1 aromatic heterocycles. The number of allylic oxidation sites excluding steroid dienone is 1. The van der Waals surface area contributed by atoms with Gasteiger partial charge in [0.15, 0.2) is 0 Å². The zero-order valence-corrected chi connectivity index (χ0v) is 26.1. The Morgan fingerprint density at radius 2 is 1.93 bits per heavy atom.